The van der Waals surface area contributed by atoms with Crippen molar-refractivity contribution in [1.82, 2.24) is 10.5 Å². The molecule has 27 heavy (non-hydrogen) atoms. The van der Waals surface area contributed by atoms with Crippen LogP contribution in [0.3, 0.4) is 0 Å². The second kappa shape index (κ2) is 10.7. The van der Waals surface area contributed by atoms with E-state index in [0.717, 1.165) is 18.2 Å². The maximum atomic E-state index is 11.9. The molecule has 0 aliphatic carbocycles. The van der Waals surface area contributed by atoms with E-state index < -0.39 is 12.1 Å². The summed E-state index contributed by atoms with van der Waals surface area (Å²) < 4.78 is 9.92. The fourth-order valence-corrected chi connectivity index (χ4v) is 3.33. The number of ether oxygens (including phenoxy) is 1. The van der Waals surface area contributed by atoms with Crippen LogP contribution < -0.4 is 10.6 Å². The molecule has 146 valence electrons. The Labute approximate surface area is 165 Å². The zero-order valence-corrected chi connectivity index (χ0v) is 16.7. The molecular formula is C17H21N3O5S2. The van der Waals surface area contributed by atoms with E-state index in [9.17, 15) is 14.4 Å². The van der Waals surface area contributed by atoms with Gasteiger partial charge in [-0.15, -0.1) is 23.1 Å². The minimum Gasteiger partial charge on any atom is -0.452 e. The molecule has 0 aliphatic heterocycles. The number of aryl methyl sites for hydroxylation is 1. The van der Waals surface area contributed by atoms with Crippen molar-refractivity contribution in [2.24, 2.45) is 0 Å². The van der Waals surface area contributed by atoms with Crippen molar-refractivity contribution in [2.75, 3.05) is 23.4 Å². The van der Waals surface area contributed by atoms with E-state index in [0.29, 0.717) is 18.1 Å². The molecule has 1 atom stereocenters. The number of carbonyl (C=O) groups is 3. The summed E-state index contributed by atoms with van der Waals surface area (Å²) in [6.07, 6.45) is -0.145. The van der Waals surface area contributed by atoms with Crippen molar-refractivity contribution in [1.29, 1.82) is 0 Å². The largest absolute Gasteiger partial charge is 0.452 e. The summed E-state index contributed by atoms with van der Waals surface area (Å²) in [6, 6.07) is 5.55. The molecule has 0 spiro atoms. The highest BCUT2D eigenvalue weighted by atomic mass is 32.2. The minimum absolute atomic E-state index is 0.0297. The van der Waals surface area contributed by atoms with Gasteiger partial charge in [0.25, 0.3) is 5.91 Å². The molecule has 0 fully saturated rings. The first-order valence-electron chi connectivity index (χ1n) is 8.24. The Bertz CT molecular complexity index is 760. The number of thiophene rings is 1. The second-order valence-corrected chi connectivity index (χ2v) is 7.63. The van der Waals surface area contributed by atoms with Gasteiger partial charge in [-0.1, -0.05) is 11.2 Å². The number of carbonyl (C=O) groups excluding carboxylic acids is 3. The Morgan fingerprint density at radius 2 is 2.19 bits per heavy atom. The Kier molecular flexibility index (Phi) is 8.34. The lowest BCUT2D eigenvalue weighted by atomic mass is 10.3. The fourth-order valence-electron chi connectivity index (χ4n) is 2.02. The van der Waals surface area contributed by atoms with Gasteiger partial charge >= 0.3 is 5.97 Å². The van der Waals surface area contributed by atoms with Crippen LogP contribution in [0, 0.1) is 6.92 Å². The monoisotopic (exact) mass is 411 g/mol. The minimum atomic E-state index is -0.881. The van der Waals surface area contributed by atoms with Crippen molar-refractivity contribution < 1.29 is 23.6 Å². The van der Waals surface area contributed by atoms with Crippen molar-refractivity contribution in [2.45, 2.75) is 26.4 Å². The smallest absolute Gasteiger partial charge is 0.316 e. The normalized spacial score (nSPS) is 11.6. The van der Waals surface area contributed by atoms with Crippen LogP contribution in [0.15, 0.2) is 28.1 Å². The molecule has 0 unspecified atom stereocenters. The van der Waals surface area contributed by atoms with Gasteiger partial charge in [-0.05, 0) is 31.7 Å². The highest BCUT2D eigenvalue weighted by molar-refractivity contribution is 8.00. The van der Waals surface area contributed by atoms with Gasteiger partial charge in [0.15, 0.2) is 11.9 Å². The summed E-state index contributed by atoms with van der Waals surface area (Å²) in [5.41, 5.74) is 0. The van der Waals surface area contributed by atoms with Crippen molar-refractivity contribution in [3.63, 3.8) is 0 Å². The van der Waals surface area contributed by atoms with Crippen LogP contribution in [0.2, 0.25) is 0 Å². The van der Waals surface area contributed by atoms with E-state index in [1.54, 1.807) is 24.3 Å². The summed E-state index contributed by atoms with van der Waals surface area (Å²) in [7, 11) is 0. The van der Waals surface area contributed by atoms with E-state index in [1.165, 1.54) is 11.8 Å². The van der Waals surface area contributed by atoms with Gasteiger partial charge in [0, 0.05) is 17.5 Å². The first kappa shape index (κ1) is 21.0. The maximum Gasteiger partial charge on any atom is 0.316 e. The molecule has 2 rings (SSSR count). The molecular weight excluding hydrogens is 390 g/mol. The lowest BCUT2D eigenvalue weighted by molar-refractivity contribution is -0.152. The third-order valence-electron chi connectivity index (χ3n) is 3.28. The zero-order valence-electron chi connectivity index (χ0n) is 15.0. The lowest BCUT2D eigenvalue weighted by Crippen LogP contribution is -2.37. The summed E-state index contributed by atoms with van der Waals surface area (Å²) in [5.74, 6) is -0.256. The molecule has 2 aromatic heterocycles. The zero-order chi connectivity index (χ0) is 19.6. The van der Waals surface area contributed by atoms with Crippen molar-refractivity contribution in [3.8, 4) is 0 Å². The highest BCUT2D eigenvalue weighted by Gasteiger charge is 2.17. The third-order valence-corrected chi connectivity index (χ3v) is 5.12. The summed E-state index contributed by atoms with van der Waals surface area (Å²) in [6.45, 7) is 3.72. The predicted molar refractivity (Wildman–Crippen MR) is 104 cm³/mol. The van der Waals surface area contributed by atoms with Gasteiger partial charge in [0.05, 0.1) is 11.5 Å². The standard InChI is InChI=1S/C17H21N3O5S2/c1-11-8-14(20-25-11)19-15(21)9-26-10-16(22)24-12(2)17(23)18-6-5-13-4-3-7-27-13/h3-4,7-8,12H,5-6,9-10H2,1-2H3,(H,18,23)(H,19,20,21)/t12-/m1/s1. The average molecular weight is 412 g/mol. The molecule has 0 aliphatic rings. The van der Waals surface area contributed by atoms with Crippen LogP contribution in [0.5, 0.6) is 0 Å². The van der Waals surface area contributed by atoms with Crippen LogP contribution in [0.25, 0.3) is 0 Å². The molecule has 0 saturated heterocycles. The first-order valence-corrected chi connectivity index (χ1v) is 10.3. The highest BCUT2D eigenvalue weighted by Crippen LogP contribution is 2.10. The van der Waals surface area contributed by atoms with Crippen LogP contribution >= 0.6 is 23.1 Å². The number of nitrogens with one attached hydrogen (secondary N) is 2. The van der Waals surface area contributed by atoms with Gasteiger partial charge in [0.1, 0.15) is 5.76 Å². The van der Waals surface area contributed by atoms with Gasteiger partial charge < -0.3 is 19.9 Å². The van der Waals surface area contributed by atoms with Crippen LogP contribution in [-0.2, 0) is 25.5 Å². The molecule has 8 nitrogen and oxygen atoms in total. The Hall–Kier alpha value is -2.33. The van der Waals surface area contributed by atoms with Gasteiger partial charge in [0.2, 0.25) is 5.91 Å². The van der Waals surface area contributed by atoms with Gasteiger partial charge in [-0.3, -0.25) is 14.4 Å². The molecule has 0 saturated carbocycles. The summed E-state index contributed by atoms with van der Waals surface area (Å²) >= 11 is 2.72. The SMILES string of the molecule is Cc1cc(NC(=O)CSCC(=O)O[C@H](C)C(=O)NCCc2cccs2)no1. The Morgan fingerprint density at radius 1 is 1.37 bits per heavy atom. The van der Waals surface area contributed by atoms with E-state index in [2.05, 4.69) is 15.8 Å². The molecule has 0 radical (unpaired) electrons. The lowest BCUT2D eigenvalue weighted by Gasteiger charge is -2.13. The number of nitrogens with zero attached hydrogens (tertiary/aromatic N) is 1. The van der Waals surface area contributed by atoms with Crippen molar-refractivity contribution >= 4 is 46.7 Å². The number of esters is 1. The maximum absolute atomic E-state index is 11.9. The molecule has 2 amide bonds. The van der Waals surface area contributed by atoms with E-state index in [4.69, 9.17) is 9.26 Å². The van der Waals surface area contributed by atoms with Crippen molar-refractivity contribution in [3.05, 3.63) is 34.2 Å². The molecule has 2 heterocycles. The molecule has 2 N–H and O–H groups in total. The quantitative estimate of drug-likeness (QED) is 0.575. The van der Waals surface area contributed by atoms with Gasteiger partial charge in [-0.2, -0.15) is 0 Å². The second-order valence-electron chi connectivity index (χ2n) is 5.62. The molecule has 0 bridgehead atoms. The Morgan fingerprint density at radius 3 is 2.85 bits per heavy atom. The van der Waals surface area contributed by atoms with Crippen LogP contribution in [-0.4, -0.2) is 47.1 Å². The van der Waals surface area contributed by atoms with Crippen LogP contribution in [0.1, 0.15) is 17.6 Å². The number of aromatic nitrogens is 1. The Balaban J connectivity index is 1.58. The number of hydrogen-bond donors (Lipinski definition) is 2. The number of rotatable bonds is 10. The van der Waals surface area contributed by atoms with Gasteiger partial charge in [-0.25, -0.2) is 0 Å². The first-order chi connectivity index (χ1) is 12.9. The number of anilines is 1. The van der Waals surface area contributed by atoms with E-state index in [-0.39, 0.29) is 23.3 Å². The number of amides is 2. The van der Waals surface area contributed by atoms with E-state index >= 15 is 0 Å². The predicted octanol–water partition coefficient (Wildman–Crippen LogP) is 2.01. The number of hydrogen-bond acceptors (Lipinski definition) is 8. The average Bonchev–Trinajstić information content (AvgIpc) is 3.26. The molecule has 10 heteroatoms. The topological polar surface area (TPSA) is 111 Å². The fraction of sp³-hybridized carbons (Fsp3) is 0.412. The molecule has 2 aromatic rings. The summed E-state index contributed by atoms with van der Waals surface area (Å²) in [4.78, 5) is 36.6. The third kappa shape index (κ3) is 7.83. The van der Waals surface area contributed by atoms with E-state index in [1.807, 2.05) is 17.5 Å². The molecule has 0 aromatic carbocycles. The summed E-state index contributed by atoms with van der Waals surface area (Å²) in [5, 5.41) is 10.9. The van der Waals surface area contributed by atoms with Crippen LogP contribution in [0.4, 0.5) is 5.82 Å². The number of thioether (sulfide) groups is 1.